The normalized spacial score (nSPS) is 19.5. The molecule has 0 aromatic carbocycles. The Kier molecular flexibility index (Phi) is 4.21. The lowest BCUT2D eigenvalue weighted by molar-refractivity contribution is -0.165. The highest BCUT2D eigenvalue weighted by Crippen LogP contribution is 2.39. The number of alkyl halides is 6. The number of hydrogen-bond acceptors (Lipinski definition) is 2. The van der Waals surface area contributed by atoms with Gasteiger partial charge < -0.3 is 4.74 Å². The van der Waals surface area contributed by atoms with Gasteiger partial charge in [0.2, 0.25) is 5.76 Å². The Hall–Kier alpha value is -1.99. The summed E-state index contributed by atoms with van der Waals surface area (Å²) in [6.07, 6.45) is -5.26. The molecule has 0 fully saturated rings. The number of ketones is 1. The van der Waals surface area contributed by atoms with Gasteiger partial charge in [0, 0.05) is 0 Å². The van der Waals surface area contributed by atoms with Crippen molar-refractivity contribution >= 4 is 5.78 Å². The van der Waals surface area contributed by atoms with Crippen molar-refractivity contribution < 1.29 is 35.9 Å². The van der Waals surface area contributed by atoms with E-state index in [1.807, 2.05) is 0 Å². The van der Waals surface area contributed by atoms with Crippen LogP contribution in [0.1, 0.15) is 19.3 Å². The van der Waals surface area contributed by atoms with E-state index in [0.29, 0.717) is 24.5 Å². The maximum Gasteiger partial charge on any atom is 0.454 e. The molecule has 0 unspecified atom stereocenters. The van der Waals surface area contributed by atoms with E-state index < -0.39 is 23.9 Å². The average Bonchev–Trinajstić information content (AvgIpc) is 2.42. The first-order valence-electron chi connectivity index (χ1n) is 6.27. The fraction of sp³-hybridized carbons (Fsp3) is 0.357. The zero-order valence-corrected chi connectivity index (χ0v) is 11.0. The summed E-state index contributed by atoms with van der Waals surface area (Å²) in [6, 6.07) is 0. The molecule has 8 heteroatoms. The maximum absolute atomic E-state index is 12.6. The quantitative estimate of drug-likeness (QED) is 0.552. The molecule has 0 bridgehead atoms. The van der Waals surface area contributed by atoms with E-state index in [0.717, 1.165) is 12.2 Å². The summed E-state index contributed by atoms with van der Waals surface area (Å²) < 4.78 is 79.1. The first-order valence-corrected chi connectivity index (χ1v) is 6.27. The van der Waals surface area contributed by atoms with Crippen molar-refractivity contribution in [1.29, 1.82) is 0 Å². The van der Waals surface area contributed by atoms with Crippen molar-refractivity contribution in [1.82, 2.24) is 0 Å². The molecule has 0 saturated carbocycles. The van der Waals surface area contributed by atoms with E-state index in [2.05, 4.69) is 0 Å². The third-order valence-electron chi connectivity index (χ3n) is 3.12. The van der Waals surface area contributed by atoms with Crippen LogP contribution in [0.3, 0.4) is 0 Å². The Labute approximate surface area is 121 Å². The second-order valence-corrected chi connectivity index (χ2v) is 4.73. The first kappa shape index (κ1) is 16.4. The predicted octanol–water partition coefficient (Wildman–Crippen LogP) is 4.51. The first-order chi connectivity index (χ1) is 10.1. The van der Waals surface area contributed by atoms with Crippen LogP contribution in [0.15, 0.2) is 47.0 Å². The lowest BCUT2D eigenvalue weighted by Gasteiger charge is -2.26. The Bertz CT molecular complexity index is 602. The zero-order chi connectivity index (χ0) is 16.5. The van der Waals surface area contributed by atoms with Crippen molar-refractivity contribution in [2.75, 3.05) is 0 Å². The number of rotatable bonds is 2. The van der Waals surface area contributed by atoms with Crippen molar-refractivity contribution in [3.8, 4) is 0 Å². The van der Waals surface area contributed by atoms with Crippen LogP contribution < -0.4 is 0 Å². The van der Waals surface area contributed by atoms with Gasteiger partial charge in [-0.25, -0.2) is 0 Å². The molecule has 2 nitrogen and oxygen atoms in total. The highest BCUT2D eigenvalue weighted by Gasteiger charge is 2.39. The highest BCUT2D eigenvalue weighted by molar-refractivity contribution is 5.94. The molecule has 1 aliphatic heterocycles. The predicted molar refractivity (Wildman–Crippen MR) is 64.4 cm³/mol. The molecular weight excluding hydrogens is 314 g/mol. The lowest BCUT2D eigenvalue weighted by atomic mass is 9.91. The van der Waals surface area contributed by atoms with E-state index in [-0.39, 0.29) is 17.8 Å². The molecular formula is C14H10F6O2. The molecule has 0 radical (unpaired) electrons. The van der Waals surface area contributed by atoms with Gasteiger partial charge in [-0.15, -0.1) is 0 Å². The van der Waals surface area contributed by atoms with Gasteiger partial charge in [0.05, 0.1) is 0 Å². The van der Waals surface area contributed by atoms with Crippen LogP contribution in [0.25, 0.3) is 0 Å². The number of carbonyl (C=O) groups is 1. The molecule has 2 rings (SSSR count). The molecule has 0 N–H and O–H groups in total. The monoisotopic (exact) mass is 324 g/mol. The number of fused-ring (bicyclic) bond motifs is 1. The van der Waals surface area contributed by atoms with Crippen LogP contribution in [0.4, 0.5) is 26.3 Å². The number of allylic oxidation sites excluding steroid dienone is 7. The molecule has 120 valence electrons. The average molecular weight is 324 g/mol. The summed E-state index contributed by atoms with van der Waals surface area (Å²) in [5.41, 5.74) is 0.614. The van der Waals surface area contributed by atoms with E-state index in [1.165, 1.54) is 6.08 Å². The summed E-state index contributed by atoms with van der Waals surface area (Å²) >= 11 is 0. The molecule has 0 amide bonds. The van der Waals surface area contributed by atoms with Crippen LogP contribution in [0.5, 0.6) is 0 Å². The van der Waals surface area contributed by atoms with Gasteiger partial charge in [-0.3, -0.25) is 4.79 Å². The van der Waals surface area contributed by atoms with Crippen molar-refractivity contribution in [3.05, 3.63) is 47.0 Å². The lowest BCUT2D eigenvalue weighted by Crippen LogP contribution is -2.21. The van der Waals surface area contributed by atoms with Crippen LogP contribution >= 0.6 is 0 Å². The molecule has 1 aliphatic carbocycles. The van der Waals surface area contributed by atoms with Crippen LogP contribution in [-0.2, 0) is 9.53 Å². The van der Waals surface area contributed by atoms with E-state index in [9.17, 15) is 31.1 Å². The number of carbonyl (C=O) groups excluding carboxylic acids is 1. The van der Waals surface area contributed by atoms with Gasteiger partial charge >= 0.3 is 12.4 Å². The molecule has 1 heterocycles. The topological polar surface area (TPSA) is 26.3 Å². The zero-order valence-electron chi connectivity index (χ0n) is 11.0. The second kappa shape index (κ2) is 5.66. The third-order valence-corrected chi connectivity index (χ3v) is 3.12. The number of halogens is 6. The Balaban J connectivity index is 2.30. The summed E-state index contributed by atoms with van der Waals surface area (Å²) in [5.74, 6) is -3.42. The SMILES string of the molecule is O=C(/C=C/C1=C2OC(C(F)(F)F)=CC=C2CCC1)C(F)(F)F. The second-order valence-electron chi connectivity index (χ2n) is 4.73. The molecule has 0 spiro atoms. The minimum absolute atomic E-state index is 0.118. The van der Waals surface area contributed by atoms with Crippen molar-refractivity contribution in [2.45, 2.75) is 31.6 Å². The van der Waals surface area contributed by atoms with Gasteiger partial charge in [0.1, 0.15) is 5.76 Å². The summed E-state index contributed by atoms with van der Waals surface area (Å²) in [7, 11) is 0. The van der Waals surface area contributed by atoms with E-state index in [4.69, 9.17) is 4.74 Å². The highest BCUT2D eigenvalue weighted by atomic mass is 19.4. The molecule has 0 aromatic rings. The van der Waals surface area contributed by atoms with Gasteiger partial charge in [-0.2, -0.15) is 26.3 Å². The molecule has 0 aromatic heterocycles. The van der Waals surface area contributed by atoms with Crippen LogP contribution in [0, 0.1) is 0 Å². The van der Waals surface area contributed by atoms with Gasteiger partial charge in [0.25, 0.3) is 5.78 Å². The number of ether oxygens (including phenoxy) is 1. The minimum Gasteiger partial charge on any atom is -0.452 e. The fourth-order valence-electron chi connectivity index (χ4n) is 2.10. The molecule has 0 saturated heterocycles. The summed E-state index contributed by atoms with van der Waals surface area (Å²) in [4.78, 5) is 10.8. The van der Waals surface area contributed by atoms with Crippen molar-refractivity contribution in [2.24, 2.45) is 0 Å². The standard InChI is InChI=1S/C14H10F6O2/c15-13(16,17)10(21)6-4-8-2-1-3-9-5-7-11(14(18,19)20)22-12(8)9/h4-7H,1-3H2/b6-4+. The summed E-state index contributed by atoms with van der Waals surface area (Å²) in [5, 5.41) is 0. The van der Waals surface area contributed by atoms with Crippen LogP contribution in [0.2, 0.25) is 0 Å². The van der Waals surface area contributed by atoms with E-state index >= 15 is 0 Å². The Morgan fingerprint density at radius 1 is 1.09 bits per heavy atom. The van der Waals surface area contributed by atoms with Gasteiger partial charge in [-0.05, 0) is 42.6 Å². The smallest absolute Gasteiger partial charge is 0.452 e. The van der Waals surface area contributed by atoms with E-state index in [1.54, 1.807) is 0 Å². The molecule has 2 aliphatic rings. The fourth-order valence-corrected chi connectivity index (χ4v) is 2.10. The Morgan fingerprint density at radius 3 is 2.36 bits per heavy atom. The van der Waals surface area contributed by atoms with Crippen molar-refractivity contribution in [3.63, 3.8) is 0 Å². The number of hydrogen-bond donors (Lipinski definition) is 0. The van der Waals surface area contributed by atoms with Gasteiger partial charge in [-0.1, -0.05) is 12.2 Å². The molecule has 0 atom stereocenters. The Morgan fingerprint density at radius 2 is 1.77 bits per heavy atom. The summed E-state index contributed by atoms with van der Waals surface area (Å²) in [6.45, 7) is 0. The maximum atomic E-state index is 12.6. The van der Waals surface area contributed by atoms with Crippen LogP contribution in [-0.4, -0.2) is 18.1 Å². The van der Waals surface area contributed by atoms with Gasteiger partial charge in [0.15, 0.2) is 0 Å². The third kappa shape index (κ3) is 3.61. The minimum atomic E-state index is -5.01. The molecule has 22 heavy (non-hydrogen) atoms. The largest absolute Gasteiger partial charge is 0.454 e.